The lowest BCUT2D eigenvalue weighted by Gasteiger charge is -2.16. The summed E-state index contributed by atoms with van der Waals surface area (Å²) in [5.74, 6) is 0.859. The van der Waals surface area contributed by atoms with E-state index in [1.165, 1.54) is 11.4 Å². The molecule has 0 atom stereocenters. The van der Waals surface area contributed by atoms with Gasteiger partial charge in [-0.05, 0) is 54.0 Å². The lowest BCUT2D eigenvalue weighted by atomic mass is 10.2. The monoisotopic (exact) mass is 386 g/mol. The standard InChI is InChI=1S/C14H16Br2N2O/c1-9-4-5-10(2)18(9)17-8-11-6-12(15)7-13(16)14(11)19-3/h4-7,17H,8H2,1-3H3. The fraction of sp³-hybridized carbons (Fsp3) is 0.286. The van der Waals surface area contributed by atoms with Crippen LogP contribution >= 0.6 is 31.9 Å². The average Bonchev–Trinajstić information content (AvgIpc) is 2.66. The molecule has 0 amide bonds. The largest absolute Gasteiger partial charge is 0.495 e. The number of halogens is 2. The van der Waals surface area contributed by atoms with Gasteiger partial charge in [0.2, 0.25) is 0 Å². The van der Waals surface area contributed by atoms with Crippen molar-refractivity contribution in [1.82, 2.24) is 4.68 Å². The van der Waals surface area contributed by atoms with Gasteiger partial charge in [-0.15, -0.1) is 0 Å². The van der Waals surface area contributed by atoms with Gasteiger partial charge in [-0.2, -0.15) is 0 Å². The van der Waals surface area contributed by atoms with Crippen LogP contribution in [-0.4, -0.2) is 11.8 Å². The summed E-state index contributed by atoms with van der Waals surface area (Å²) in [6, 6.07) is 8.23. The highest BCUT2D eigenvalue weighted by atomic mass is 79.9. The lowest BCUT2D eigenvalue weighted by molar-refractivity contribution is 0.407. The quantitative estimate of drug-likeness (QED) is 0.842. The minimum Gasteiger partial charge on any atom is -0.495 e. The summed E-state index contributed by atoms with van der Waals surface area (Å²) in [6.07, 6.45) is 0. The number of rotatable bonds is 4. The molecule has 0 saturated heterocycles. The second-order valence-electron chi connectivity index (χ2n) is 4.37. The second kappa shape index (κ2) is 6.01. The Morgan fingerprint density at radius 2 is 1.79 bits per heavy atom. The topological polar surface area (TPSA) is 26.2 Å². The molecule has 0 unspecified atom stereocenters. The normalized spacial score (nSPS) is 10.6. The van der Waals surface area contributed by atoms with Crippen molar-refractivity contribution in [2.75, 3.05) is 12.5 Å². The smallest absolute Gasteiger partial charge is 0.138 e. The van der Waals surface area contributed by atoms with E-state index >= 15 is 0 Å². The van der Waals surface area contributed by atoms with Gasteiger partial charge in [0.05, 0.1) is 18.1 Å². The molecule has 1 heterocycles. The van der Waals surface area contributed by atoms with Crippen LogP contribution in [0, 0.1) is 13.8 Å². The molecule has 1 aromatic heterocycles. The Balaban J connectivity index is 2.24. The first-order valence-electron chi connectivity index (χ1n) is 5.93. The van der Waals surface area contributed by atoms with Crippen molar-refractivity contribution in [2.45, 2.75) is 20.4 Å². The van der Waals surface area contributed by atoms with E-state index in [4.69, 9.17) is 4.74 Å². The van der Waals surface area contributed by atoms with Crippen LogP contribution in [0.2, 0.25) is 0 Å². The lowest BCUT2D eigenvalue weighted by Crippen LogP contribution is -2.17. The molecule has 0 aliphatic heterocycles. The van der Waals surface area contributed by atoms with Crippen molar-refractivity contribution in [2.24, 2.45) is 0 Å². The van der Waals surface area contributed by atoms with E-state index in [0.717, 1.165) is 20.3 Å². The third kappa shape index (κ3) is 3.15. The summed E-state index contributed by atoms with van der Waals surface area (Å²) in [7, 11) is 1.68. The van der Waals surface area contributed by atoms with Crippen LogP contribution in [0.1, 0.15) is 17.0 Å². The highest BCUT2D eigenvalue weighted by molar-refractivity contribution is 9.11. The zero-order valence-electron chi connectivity index (χ0n) is 11.1. The molecular formula is C14H16Br2N2O. The first-order chi connectivity index (χ1) is 9.02. The molecule has 0 spiro atoms. The number of aryl methyl sites for hydroxylation is 2. The molecule has 0 saturated carbocycles. The summed E-state index contributed by atoms with van der Waals surface area (Å²) >= 11 is 7.02. The first-order valence-corrected chi connectivity index (χ1v) is 7.52. The van der Waals surface area contributed by atoms with Gasteiger partial charge in [0, 0.05) is 21.4 Å². The van der Waals surface area contributed by atoms with Crippen molar-refractivity contribution < 1.29 is 4.74 Å². The molecule has 1 aromatic carbocycles. The number of benzene rings is 1. The molecular weight excluding hydrogens is 372 g/mol. The Hall–Kier alpha value is -0.940. The molecule has 2 rings (SSSR count). The SMILES string of the molecule is COc1c(Br)cc(Br)cc1CNn1c(C)ccc1C. The zero-order valence-corrected chi connectivity index (χ0v) is 14.3. The molecule has 3 nitrogen and oxygen atoms in total. The minimum atomic E-state index is 0.692. The van der Waals surface area contributed by atoms with E-state index in [9.17, 15) is 0 Å². The van der Waals surface area contributed by atoms with Crippen LogP contribution in [0.3, 0.4) is 0 Å². The van der Waals surface area contributed by atoms with Gasteiger partial charge in [-0.25, -0.2) is 0 Å². The van der Waals surface area contributed by atoms with E-state index in [0.29, 0.717) is 6.54 Å². The van der Waals surface area contributed by atoms with Crippen molar-refractivity contribution >= 4 is 31.9 Å². The molecule has 0 radical (unpaired) electrons. The minimum absolute atomic E-state index is 0.692. The van der Waals surface area contributed by atoms with Crippen molar-refractivity contribution in [1.29, 1.82) is 0 Å². The summed E-state index contributed by atoms with van der Waals surface area (Å²) in [4.78, 5) is 0. The molecule has 19 heavy (non-hydrogen) atoms. The third-order valence-corrected chi connectivity index (χ3v) is 4.04. The van der Waals surface area contributed by atoms with E-state index in [2.05, 4.69) is 74.0 Å². The van der Waals surface area contributed by atoms with Gasteiger partial charge < -0.3 is 10.2 Å². The zero-order chi connectivity index (χ0) is 14.0. The van der Waals surface area contributed by atoms with E-state index in [1.807, 2.05) is 6.07 Å². The number of hydrogen-bond acceptors (Lipinski definition) is 2. The number of aromatic nitrogens is 1. The Morgan fingerprint density at radius 1 is 1.16 bits per heavy atom. The summed E-state index contributed by atoms with van der Waals surface area (Å²) in [5.41, 5.74) is 6.87. The predicted molar refractivity (Wildman–Crippen MR) is 85.4 cm³/mol. The molecule has 0 bridgehead atoms. The Bertz CT molecular complexity index is 574. The van der Waals surface area contributed by atoms with Gasteiger partial charge in [-0.1, -0.05) is 15.9 Å². The molecule has 102 valence electrons. The number of ether oxygens (including phenoxy) is 1. The molecule has 0 fully saturated rings. The van der Waals surface area contributed by atoms with Gasteiger partial charge in [0.25, 0.3) is 0 Å². The number of nitrogens with zero attached hydrogens (tertiary/aromatic N) is 1. The van der Waals surface area contributed by atoms with Gasteiger partial charge in [0.15, 0.2) is 0 Å². The average molecular weight is 388 g/mol. The maximum Gasteiger partial charge on any atom is 0.138 e. The molecule has 1 N–H and O–H groups in total. The maximum absolute atomic E-state index is 5.44. The van der Waals surface area contributed by atoms with E-state index in [1.54, 1.807) is 7.11 Å². The van der Waals surface area contributed by atoms with Gasteiger partial charge >= 0.3 is 0 Å². The third-order valence-electron chi connectivity index (χ3n) is 2.99. The maximum atomic E-state index is 5.44. The van der Waals surface area contributed by atoms with Crippen molar-refractivity contribution in [3.05, 3.63) is 50.2 Å². The number of methoxy groups -OCH3 is 1. The van der Waals surface area contributed by atoms with Crippen LogP contribution in [0.15, 0.2) is 33.2 Å². The molecule has 2 aromatic rings. The molecule has 5 heteroatoms. The predicted octanol–water partition coefficient (Wildman–Crippen LogP) is 4.38. The van der Waals surface area contributed by atoms with Crippen LogP contribution < -0.4 is 10.2 Å². The number of nitrogens with one attached hydrogen (secondary N) is 1. The second-order valence-corrected chi connectivity index (χ2v) is 6.14. The molecule has 0 aliphatic rings. The van der Waals surface area contributed by atoms with Crippen LogP contribution in [0.4, 0.5) is 0 Å². The van der Waals surface area contributed by atoms with Crippen LogP contribution in [0.25, 0.3) is 0 Å². The Morgan fingerprint density at radius 3 is 2.37 bits per heavy atom. The first kappa shape index (κ1) is 14.5. The van der Waals surface area contributed by atoms with Gasteiger partial charge in [-0.3, -0.25) is 4.68 Å². The summed E-state index contributed by atoms with van der Waals surface area (Å²) in [6.45, 7) is 4.85. The number of hydrogen-bond donors (Lipinski definition) is 1. The van der Waals surface area contributed by atoms with Crippen molar-refractivity contribution in [3.8, 4) is 5.75 Å². The van der Waals surface area contributed by atoms with Gasteiger partial charge in [0.1, 0.15) is 5.75 Å². The Kier molecular flexibility index (Phi) is 4.58. The summed E-state index contributed by atoms with van der Waals surface area (Å²) in [5, 5.41) is 0. The summed E-state index contributed by atoms with van der Waals surface area (Å²) < 4.78 is 9.49. The highest BCUT2D eigenvalue weighted by Gasteiger charge is 2.10. The molecule has 0 aliphatic carbocycles. The fourth-order valence-electron chi connectivity index (χ4n) is 2.06. The van der Waals surface area contributed by atoms with Crippen LogP contribution in [0.5, 0.6) is 5.75 Å². The van der Waals surface area contributed by atoms with E-state index in [-0.39, 0.29) is 0 Å². The van der Waals surface area contributed by atoms with E-state index < -0.39 is 0 Å². The van der Waals surface area contributed by atoms with Crippen molar-refractivity contribution in [3.63, 3.8) is 0 Å². The van der Waals surface area contributed by atoms with Crippen LogP contribution in [-0.2, 0) is 6.54 Å². The highest BCUT2D eigenvalue weighted by Crippen LogP contribution is 2.32. The Labute approximate surface area is 130 Å². The fourth-order valence-corrected chi connectivity index (χ4v) is 3.53.